The number of hydrogen-bond acceptors (Lipinski definition) is 2. The van der Waals surface area contributed by atoms with Crippen molar-refractivity contribution < 1.29 is 14.7 Å². The third kappa shape index (κ3) is 2.61. The number of urea groups is 1. The minimum absolute atomic E-state index is 0.367. The summed E-state index contributed by atoms with van der Waals surface area (Å²) in [6, 6.07) is 13.7. The molecule has 3 rings (SSSR count). The molecule has 0 aromatic heterocycles. The number of carboxylic acids is 1. The zero-order valence-electron chi connectivity index (χ0n) is 12.9. The summed E-state index contributed by atoms with van der Waals surface area (Å²) in [5, 5.41) is 10.1. The number of aliphatic carboxylic acids is 1. The van der Waals surface area contributed by atoms with Crippen molar-refractivity contribution in [3.8, 4) is 11.1 Å². The second-order valence-corrected chi connectivity index (χ2v) is 6.33. The highest BCUT2D eigenvalue weighted by Gasteiger charge is 2.52. The molecule has 0 atom stereocenters. The monoisotopic (exact) mass is 344 g/mol. The van der Waals surface area contributed by atoms with Gasteiger partial charge in [0.25, 0.3) is 0 Å². The van der Waals surface area contributed by atoms with Crippen LogP contribution < -0.4 is 10.6 Å². The van der Waals surface area contributed by atoms with Crippen molar-refractivity contribution in [2.45, 2.75) is 24.8 Å². The van der Waals surface area contributed by atoms with Crippen molar-refractivity contribution in [2.24, 2.45) is 5.73 Å². The number of benzene rings is 2. The van der Waals surface area contributed by atoms with Gasteiger partial charge in [0.2, 0.25) is 0 Å². The van der Waals surface area contributed by atoms with Crippen molar-refractivity contribution in [3.63, 3.8) is 0 Å². The molecule has 0 saturated heterocycles. The van der Waals surface area contributed by atoms with Gasteiger partial charge in [0.15, 0.2) is 0 Å². The molecule has 0 bridgehead atoms. The lowest BCUT2D eigenvalue weighted by Crippen LogP contribution is -2.63. The fourth-order valence-corrected chi connectivity index (χ4v) is 3.32. The van der Waals surface area contributed by atoms with Gasteiger partial charge in [-0.25, -0.2) is 9.59 Å². The zero-order valence-corrected chi connectivity index (χ0v) is 13.7. The molecule has 0 aliphatic heterocycles. The molecule has 0 radical (unpaired) electrons. The second-order valence-electron chi connectivity index (χ2n) is 5.89. The SMILES string of the molecule is NC(=O)N(c1cc(Cl)ccc1-c1ccccc1)C1(C(=O)O)CCC1. The molecule has 0 heterocycles. The van der Waals surface area contributed by atoms with Crippen LogP contribution >= 0.6 is 11.6 Å². The van der Waals surface area contributed by atoms with Gasteiger partial charge in [0.1, 0.15) is 5.54 Å². The Morgan fingerprint density at radius 3 is 2.29 bits per heavy atom. The van der Waals surface area contributed by atoms with E-state index < -0.39 is 17.5 Å². The highest BCUT2D eigenvalue weighted by Crippen LogP contribution is 2.44. The summed E-state index contributed by atoms with van der Waals surface area (Å²) in [5.41, 5.74) is 6.26. The molecule has 1 saturated carbocycles. The lowest BCUT2D eigenvalue weighted by molar-refractivity contribution is -0.146. The second kappa shape index (κ2) is 6.17. The maximum atomic E-state index is 12.2. The van der Waals surface area contributed by atoms with E-state index in [1.165, 1.54) is 4.90 Å². The smallest absolute Gasteiger partial charge is 0.330 e. The van der Waals surface area contributed by atoms with Crippen LogP contribution in [0.4, 0.5) is 10.5 Å². The Balaban J connectivity index is 2.20. The Kier molecular flexibility index (Phi) is 4.20. The van der Waals surface area contributed by atoms with E-state index in [-0.39, 0.29) is 0 Å². The zero-order chi connectivity index (χ0) is 17.3. The number of carbonyl (C=O) groups excluding carboxylic acids is 1. The fourth-order valence-electron chi connectivity index (χ4n) is 3.16. The van der Waals surface area contributed by atoms with Crippen LogP contribution in [0, 0.1) is 0 Å². The predicted octanol–water partition coefficient (Wildman–Crippen LogP) is 3.90. The van der Waals surface area contributed by atoms with Crippen LogP contribution in [0.1, 0.15) is 19.3 Å². The van der Waals surface area contributed by atoms with Crippen molar-refractivity contribution in [2.75, 3.05) is 4.90 Å². The first-order valence-electron chi connectivity index (χ1n) is 7.64. The van der Waals surface area contributed by atoms with E-state index in [1.807, 2.05) is 30.3 Å². The first-order chi connectivity index (χ1) is 11.5. The molecule has 3 N–H and O–H groups in total. The number of nitrogens with zero attached hydrogens (tertiary/aromatic N) is 1. The molecule has 0 unspecified atom stereocenters. The number of anilines is 1. The molecular formula is C18H17ClN2O3. The first-order valence-corrected chi connectivity index (χ1v) is 8.01. The minimum Gasteiger partial charge on any atom is -0.479 e. The highest BCUT2D eigenvalue weighted by molar-refractivity contribution is 6.31. The standard InChI is InChI=1S/C18H17ClN2O3/c19-13-7-8-14(12-5-2-1-3-6-12)15(11-13)21(17(20)24)18(16(22)23)9-4-10-18/h1-3,5-8,11H,4,9-10H2,(H2,20,24)(H,22,23). The summed E-state index contributed by atoms with van der Waals surface area (Å²) in [7, 11) is 0. The lowest BCUT2D eigenvalue weighted by atomic mass is 9.74. The quantitative estimate of drug-likeness (QED) is 0.882. The van der Waals surface area contributed by atoms with Crippen LogP contribution in [0.25, 0.3) is 11.1 Å². The number of carbonyl (C=O) groups is 2. The number of rotatable bonds is 4. The number of amides is 2. The van der Waals surface area contributed by atoms with Gasteiger partial charge >= 0.3 is 12.0 Å². The Morgan fingerprint density at radius 2 is 1.79 bits per heavy atom. The van der Waals surface area contributed by atoms with Crippen molar-refractivity contribution >= 4 is 29.3 Å². The minimum atomic E-state index is -1.31. The predicted molar refractivity (Wildman–Crippen MR) is 93.2 cm³/mol. The van der Waals surface area contributed by atoms with Gasteiger partial charge in [0, 0.05) is 10.6 Å². The molecule has 0 spiro atoms. The first kappa shape index (κ1) is 16.3. The molecule has 1 aliphatic carbocycles. The summed E-state index contributed by atoms with van der Waals surface area (Å²) in [4.78, 5) is 25.2. The van der Waals surface area contributed by atoms with Crippen molar-refractivity contribution in [1.29, 1.82) is 0 Å². The van der Waals surface area contributed by atoms with Gasteiger partial charge < -0.3 is 10.8 Å². The van der Waals surface area contributed by atoms with E-state index in [1.54, 1.807) is 18.2 Å². The Labute approximate surface area is 144 Å². The van der Waals surface area contributed by atoms with Crippen LogP contribution in [0.15, 0.2) is 48.5 Å². The van der Waals surface area contributed by atoms with E-state index in [4.69, 9.17) is 17.3 Å². The molecule has 5 nitrogen and oxygen atoms in total. The van der Waals surface area contributed by atoms with Crippen LogP contribution in [0.3, 0.4) is 0 Å². The molecule has 1 aliphatic rings. The van der Waals surface area contributed by atoms with E-state index in [9.17, 15) is 14.7 Å². The average Bonchev–Trinajstić information content (AvgIpc) is 2.50. The van der Waals surface area contributed by atoms with E-state index >= 15 is 0 Å². The Bertz CT molecular complexity index is 788. The maximum absolute atomic E-state index is 12.2. The van der Waals surface area contributed by atoms with Crippen LogP contribution in [-0.4, -0.2) is 22.6 Å². The molecule has 24 heavy (non-hydrogen) atoms. The third-order valence-electron chi connectivity index (χ3n) is 4.51. The molecule has 2 amide bonds. The molecule has 1 fully saturated rings. The Morgan fingerprint density at radius 1 is 1.12 bits per heavy atom. The van der Waals surface area contributed by atoms with Gasteiger partial charge in [-0.2, -0.15) is 0 Å². The fraction of sp³-hybridized carbons (Fsp3) is 0.222. The summed E-state index contributed by atoms with van der Waals surface area (Å²) in [6.45, 7) is 0. The molecule has 124 valence electrons. The van der Waals surface area contributed by atoms with E-state index in [2.05, 4.69) is 0 Å². The third-order valence-corrected chi connectivity index (χ3v) is 4.75. The number of halogens is 1. The van der Waals surface area contributed by atoms with Crippen LogP contribution in [0.2, 0.25) is 5.02 Å². The average molecular weight is 345 g/mol. The number of nitrogens with two attached hydrogens (primary N) is 1. The molecular weight excluding hydrogens is 328 g/mol. The van der Waals surface area contributed by atoms with Crippen molar-refractivity contribution in [1.82, 2.24) is 0 Å². The normalized spacial score (nSPS) is 15.4. The summed E-state index contributed by atoms with van der Waals surface area (Å²) >= 11 is 6.12. The summed E-state index contributed by atoms with van der Waals surface area (Å²) in [6.07, 6.45) is 1.47. The topological polar surface area (TPSA) is 83.6 Å². The van der Waals surface area contributed by atoms with Crippen LogP contribution in [-0.2, 0) is 4.79 Å². The lowest BCUT2D eigenvalue weighted by Gasteiger charge is -2.46. The highest BCUT2D eigenvalue weighted by atomic mass is 35.5. The largest absolute Gasteiger partial charge is 0.479 e. The number of hydrogen-bond donors (Lipinski definition) is 2. The molecule has 2 aromatic carbocycles. The van der Waals surface area contributed by atoms with E-state index in [0.29, 0.717) is 29.1 Å². The molecule has 2 aromatic rings. The maximum Gasteiger partial charge on any atom is 0.330 e. The van der Waals surface area contributed by atoms with Gasteiger partial charge in [-0.05, 0) is 37.0 Å². The Hall–Kier alpha value is -2.53. The van der Waals surface area contributed by atoms with Gasteiger partial charge in [-0.3, -0.25) is 4.90 Å². The molecule has 6 heteroatoms. The number of carboxylic acid groups (broad SMARTS) is 1. The summed E-state index contributed by atoms with van der Waals surface area (Å²) < 4.78 is 0. The van der Waals surface area contributed by atoms with E-state index in [0.717, 1.165) is 12.0 Å². The van der Waals surface area contributed by atoms with Gasteiger partial charge in [-0.1, -0.05) is 48.0 Å². The summed E-state index contributed by atoms with van der Waals surface area (Å²) in [5.74, 6) is -1.05. The van der Waals surface area contributed by atoms with Crippen LogP contribution in [0.5, 0.6) is 0 Å². The van der Waals surface area contributed by atoms with Gasteiger partial charge in [0.05, 0.1) is 5.69 Å². The number of primary amides is 1. The van der Waals surface area contributed by atoms with Crippen molar-refractivity contribution in [3.05, 3.63) is 53.6 Å². The van der Waals surface area contributed by atoms with Gasteiger partial charge in [-0.15, -0.1) is 0 Å².